The van der Waals surface area contributed by atoms with Crippen molar-refractivity contribution in [2.75, 3.05) is 45.9 Å². The number of rotatable bonds is 4. The molecule has 2 saturated heterocycles. The molecule has 1 aliphatic carbocycles. The summed E-state index contributed by atoms with van der Waals surface area (Å²) < 4.78 is 28.4. The summed E-state index contributed by atoms with van der Waals surface area (Å²) in [4.78, 5) is 2.42. The van der Waals surface area contributed by atoms with Crippen molar-refractivity contribution in [2.24, 2.45) is 5.92 Å². The summed E-state index contributed by atoms with van der Waals surface area (Å²) in [5.41, 5.74) is 0. The van der Waals surface area contributed by atoms with Crippen molar-refractivity contribution in [1.29, 1.82) is 0 Å². The summed E-state index contributed by atoms with van der Waals surface area (Å²) in [6.07, 6.45) is 4.11. The molecule has 1 N–H and O–H groups in total. The van der Waals surface area contributed by atoms with Gasteiger partial charge in [-0.15, -0.1) is 0 Å². The van der Waals surface area contributed by atoms with Crippen molar-refractivity contribution in [1.82, 2.24) is 13.5 Å². The monoisotopic (exact) mass is 303 g/mol. The highest BCUT2D eigenvalue weighted by Gasteiger charge is 2.37. The van der Waals surface area contributed by atoms with Crippen LogP contribution in [0.2, 0.25) is 0 Å². The molecule has 3 rings (SSSR count). The largest absolute Gasteiger partial charge is 0.396 e. The normalized spacial score (nSPS) is 28.9. The van der Waals surface area contributed by atoms with Gasteiger partial charge in [0.2, 0.25) is 0 Å². The molecule has 0 spiro atoms. The van der Waals surface area contributed by atoms with Crippen LogP contribution in [-0.4, -0.2) is 79.0 Å². The second-order valence-corrected chi connectivity index (χ2v) is 8.13. The summed E-state index contributed by atoms with van der Waals surface area (Å²) in [6.45, 7) is 4.27. The highest BCUT2D eigenvalue weighted by atomic mass is 32.2. The maximum Gasteiger partial charge on any atom is 0.282 e. The fourth-order valence-corrected chi connectivity index (χ4v) is 4.85. The number of aliphatic hydroxyl groups is 1. The summed E-state index contributed by atoms with van der Waals surface area (Å²) in [5.74, 6) is 0.271. The zero-order valence-corrected chi connectivity index (χ0v) is 12.8. The second kappa shape index (κ2) is 5.88. The van der Waals surface area contributed by atoms with Crippen LogP contribution in [-0.2, 0) is 10.2 Å². The van der Waals surface area contributed by atoms with E-state index in [1.54, 1.807) is 8.61 Å². The Kier molecular flexibility index (Phi) is 4.33. The van der Waals surface area contributed by atoms with Crippen molar-refractivity contribution >= 4 is 10.2 Å². The van der Waals surface area contributed by atoms with E-state index in [1.165, 1.54) is 12.8 Å². The standard InChI is InChI=1S/C13H25N3O3S/c17-11-12-3-5-15(6-4-12)20(18,19)16-9-7-14(8-10-16)13-1-2-13/h12-13,17H,1-11H2. The molecule has 2 aliphatic heterocycles. The van der Waals surface area contributed by atoms with Gasteiger partial charge in [-0.25, -0.2) is 0 Å². The first-order chi connectivity index (χ1) is 9.61. The van der Waals surface area contributed by atoms with Gasteiger partial charge in [0.05, 0.1) is 0 Å². The number of hydrogen-bond acceptors (Lipinski definition) is 4. The Morgan fingerprint density at radius 3 is 1.90 bits per heavy atom. The molecule has 20 heavy (non-hydrogen) atoms. The molecule has 6 nitrogen and oxygen atoms in total. The van der Waals surface area contributed by atoms with E-state index >= 15 is 0 Å². The molecule has 0 aromatic carbocycles. The van der Waals surface area contributed by atoms with E-state index in [-0.39, 0.29) is 12.5 Å². The average Bonchev–Trinajstić information content (AvgIpc) is 3.32. The first-order valence-electron chi connectivity index (χ1n) is 7.71. The van der Waals surface area contributed by atoms with Crippen LogP contribution in [0.5, 0.6) is 0 Å². The highest BCUT2D eigenvalue weighted by Crippen LogP contribution is 2.28. The number of nitrogens with zero attached hydrogens (tertiary/aromatic N) is 3. The second-order valence-electron chi connectivity index (χ2n) is 6.20. The van der Waals surface area contributed by atoms with Crippen LogP contribution >= 0.6 is 0 Å². The van der Waals surface area contributed by atoms with Gasteiger partial charge in [0.15, 0.2) is 0 Å². The van der Waals surface area contributed by atoms with E-state index in [2.05, 4.69) is 4.90 Å². The molecule has 116 valence electrons. The Morgan fingerprint density at radius 2 is 1.40 bits per heavy atom. The van der Waals surface area contributed by atoms with Crippen LogP contribution in [0.3, 0.4) is 0 Å². The lowest BCUT2D eigenvalue weighted by Crippen LogP contribution is -2.54. The van der Waals surface area contributed by atoms with Gasteiger partial charge < -0.3 is 5.11 Å². The van der Waals surface area contributed by atoms with Gasteiger partial charge in [-0.3, -0.25) is 4.90 Å². The Bertz CT molecular complexity index is 422. The maximum atomic E-state index is 12.6. The van der Waals surface area contributed by atoms with E-state index in [1.807, 2.05) is 0 Å². The van der Waals surface area contributed by atoms with Gasteiger partial charge in [0, 0.05) is 51.9 Å². The average molecular weight is 303 g/mol. The van der Waals surface area contributed by atoms with Gasteiger partial charge in [0.25, 0.3) is 10.2 Å². The van der Waals surface area contributed by atoms with Crippen molar-refractivity contribution < 1.29 is 13.5 Å². The van der Waals surface area contributed by atoms with E-state index < -0.39 is 10.2 Å². The van der Waals surface area contributed by atoms with Gasteiger partial charge in [-0.1, -0.05) is 0 Å². The number of hydrogen-bond donors (Lipinski definition) is 1. The minimum absolute atomic E-state index is 0.175. The molecule has 0 bridgehead atoms. The van der Waals surface area contributed by atoms with Crippen LogP contribution in [0.25, 0.3) is 0 Å². The van der Waals surface area contributed by atoms with E-state index in [0.29, 0.717) is 26.2 Å². The smallest absolute Gasteiger partial charge is 0.282 e. The molecule has 0 aromatic rings. The van der Waals surface area contributed by atoms with Crippen LogP contribution < -0.4 is 0 Å². The van der Waals surface area contributed by atoms with Crippen molar-refractivity contribution in [3.05, 3.63) is 0 Å². The van der Waals surface area contributed by atoms with Crippen LogP contribution in [0, 0.1) is 5.92 Å². The number of piperazine rings is 1. The predicted octanol–water partition coefficient (Wildman–Crippen LogP) is -0.284. The third-order valence-corrected chi connectivity index (χ3v) is 6.86. The van der Waals surface area contributed by atoms with Crippen molar-refractivity contribution in [3.63, 3.8) is 0 Å². The van der Waals surface area contributed by atoms with Gasteiger partial charge in [-0.2, -0.15) is 17.0 Å². The SMILES string of the molecule is O=S(=O)(N1CCC(CO)CC1)N1CCN(C2CC2)CC1. The van der Waals surface area contributed by atoms with Gasteiger partial charge in [0.1, 0.15) is 0 Å². The summed E-state index contributed by atoms with van der Waals surface area (Å²) >= 11 is 0. The molecule has 7 heteroatoms. The Labute approximate surface area is 121 Å². The summed E-state index contributed by atoms with van der Waals surface area (Å²) in [7, 11) is -3.29. The lowest BCUT2D eigenvalue weighted by Gasteiger charge is -2.38. The zero-order valence-electron chi connectivity index (χ0n) is 11.9. The lowest BCUT2D eigenvalue weighted by atomic mass is 10.00. The Hall–Kier alpha value is -0.210. The fourth-order valence-electron chi connectivity index (χ4n) is 3.22. The van der Waals surface area contributed by atoms with Crippen molar-refractivity contribution in [2.45, 2.75) is 31.7 Å². The van der Waals surface area contributed by atoms with Crippen molar-refractivity contribution in [3.8, 4) is 0 Å². The molecule has 0 aromatic heterocycles. The minimum atomic E-state index is -3.29. The predicted molar refractivity (Wildman–Crippen MR) is 76.5 cm³/mol. The number of piperidine rings is 1. The van der Waals surface area contributed by atoms with E-state index in [9.17, 15) is 8.42 Å². The van der Waals surface area contributed by atoms with E-state index in [0.717, 1.165) is 32.0 Å². The molecule has 0 unspecified atom stereocenters. The van der Waals surface area contributed by atoms with Crippen LogP contribution in [0.1, 0.15) is 25.7 Å². The first kappa shape index (κ1) is 14.7. The third-order valence-electron chi connectivity index (χ3n) is 4.82. The Morgan fingerprint density at radius 1 is 0.850 bits per heavy atom. The topological polar surface area (TPSA) is 64.1 Å². The fraction of sp³-hybridized carbons (Fsp3) is 1.00. The van der Waals surface area contributed by atoms with Gasteiger partial charge in [-0.05, 0) is 31.6 Å². The van der Waals surface area contributed by atoms with Crippen LogP contribution in [0.4, 0.5) is 0 Å². The molecule has 0 amide bonds. The summed E-state index contributed by atoms with van der Waals surface area (Å²) in [5, 5.41) is 9.13. The molecular formula is C13H25N3O3S. The molecule has 0 atom stereocenters. The number of aliphatic hydroxyl groups excluding tert-OH is 1. The molecule has 3 aliphatic rings. The first-order valence-corrected chi connectivity index (χ1v) is 9.11. The molecule has 0 radical (unpaired) electrons. The Balaban J connectivity index is 1.55. The van der Waals surface area contributed by atoms with E-state index in [4.69, 9.17) is 5.11 Å². The van der Waals surface area contributed by atoms with Gasteiger partial charge >= 0.3 is 0 Å². The summed E-state index contributed by atoms with van der Waals surface area (Å²) in [6, 6.07) is 0.722. The highest BCUT2D eigenvalue weighted by molar-refractivity contribution is 7.86. The zero-order chi connectivity index (χ0) is 14.2. The van der Waals surface area contributed by atoms with Crippen LogP contribution in [0.15, 0.2) is 0 Å². The third kappa shape index (κ3) is 3.01. The quantitative estimate of drug-likeness (QED) is 0.775. The molecule has 1 saturated carbocycles. The molecule has 2 heterocycles. The molecule has 3 fully saturated rings. The molecular weight excluding hydrogens is 278 g/mol. The maximum absolute atomic E-state index is 12.6. The lowest BCUT2D eigenvalue weighted by molar-refractivity contribution is 0.152. The minimum Gasteiger partial charge on any atom is -0.396 e.